The van der Waals surface area contributed by atoms with Gasteiger partial charge in [-0.2, -0.15) is 4.98 Å². The highest BCUT2D eigenvalue weighted by molar-refractivity contribution is 5.93. The molecule has 1 unspecified atom stereocenters. The van der Waals surface area contributed by atoms with E-state index in [0.717, 1.165) is 12.0 Å². The normalized spacial score (nSPS) is 12.1. The Bertz CT molecular complexity index is 832. The maximum absolute atomic E-state index is 11.9. The first-order chi connectivity index (χ1) is 11.7. The molecule has 0 aliphatic carbocycles. The predicted molar refractivity (Wildman–Crippen MR) is 88.4 cm³/mol. The number of ether oxygens (including phenoxy) is 1. The maximum atomic E-state index is 11.9. The fraction of sp³-hybridized carbons (Fsp3) is 0.294. The van der Waals surface area contributed by atoms with E-state index in [1.54, 1.807) is 0 Å². The summed E-state index contributed by atoms with van der Waals surface area (Å²) in [5, 5.41) is 7.45. The number of aromatic nitrogens is 3. The Morgan fingerprint density at radius 3 is 2.83 bits per heavy atom. The van der Waals surface area contributed by atoms with Gasteiger partial charge in [-0.25, -0.2) is 4.98 Å². The number of benzene rings is 1. The number of rotatable bonds is 6. The Labute approximate surface area is 139 Å². The van der Waals surface area contributed by atoms with Crippen LogP contribution < -0.4 is 10.1 Å². The summed E-state index contributed by atoms with van der Waals surface area (Å²) in [6.45, 7) is 3.81. The van der Waals surface area contributed by atoms with Crippen LogP contribution in [0.5, 0.6) is 5.88 Å². The Kier molecular flexibility index (Phi) is 4.69. The molecule has 1 N–H and O–H groups in total. The molecule has 1 atom stereocenters. The van der Waals surface area contributed by atoms with Crippen LogP contribution in [0, 0.1) is 0 Å². The van der Waals surface area contributed by atoms with Crippen LogP contribution in [0.3, 0.4) is 0 Å². The van der Waals surface area contributed by atoms with Crippen molar-refractivity contribution in [1.82, 2.24) is 20.4 Å². The second kappa shape index (κ2) is 7.08. The van der Waals surface area contributed by atoms with Gasteiger partial charge in [-0.1, -0.05) is 42.4 Å². The maximum Gasteiger partial charge on any atom is 0.265 e. The van der Waals surface area contributed by atoms with Gasteiger partial charge in [0.05, 0.1) is 0 Å². The van der Waals surface area contributed by atoms with Crippen LogP contribution in [0.1, 0.15) is 20.3 Å². The van der Waals surface area contributed by atoms with Gasteiger partial charge in [-0.3, -0.25) is 4.79 Å². The zero-order valence-electron chi connectivity index (χ0n) is 13.5. The van der Waals surface area contributed by atoms with Crippen molar-refractivity contribution in [1.29, 1.82) is 0 Å². The summed E-state index contributed by atoms with van der Waals surface area (Å²) in [5.74, 6) is 0.0771. The number of fused-ring (bicyclic) bond motifs is 1. The molecule has 0 fully saturated rings. The standard InChI is InChI=1S/C17H18N4O3/c1-3-11(2)20-13(22)9-23-16-14-15(12-7-5-4-6-8-12)21-24-17(14)19-10-18-16/h4-8,10-11H,3,9H2,1-2H3,(H,20,22). The highest BCUT2D eigenvalue weighted by atomic mass is 16.5. The average molecular weight is 326 g/mol. The lowest BCUT2D eigenvalue weighted by Gasteiger charge is -2.11. The molecular weight excluding hydrogens is 308 g/mol. The fourth-order valence-corrected chi connectivity index (χ4v) is 2.22. The van der Waals surface area contributed by atoms with E-state index in [-0.39, 0.29) is 24.4 Å². The number of nitrogens with zero attached hydrogens (tertiary/aromatic N) is 3. The van der Waals surface area contributed by atoms with Crippen molar-refractivity contribution in [3.63, 3.8) is 0 Å². The summed E-state index contributed by atoms with van der Waals surface area (Å²) < 4.78 is 10.8. The minimum absolute atomic E-state index is 0.0991. The lowest BCUT2D eigenvalue weighted by molar-refractivity contribution is -0.123. The molecule has 0 radical (unpaired) electrons. The van der Waals surface area contributed by atoms with E-state index in [1.165, 1.54) is 6.33 Å². The number of amides is 1. The van der Waals surface area contributed by atoms with Crippen molar-refractivity contribution in [2.45, 2.75) is 26.3 Å². The van der Waals surface area contributed by atoms with Crippen LogP contribution in [0.2, 0.25) is 0 Å². The van der Waals surface area contributed by atoms with E-state index in [4.69, 9.17) is 9.26 Å². The largest absolute Gasteiger partial charge is 0.467 e. The van der Waals surface area contributed by atoms with Gasteiger partial charge in [0, 0.05) is 11.6 Å². The SMILES string of the molecule is CCC(C)NC(=O)COc1ncnc2onc(-c3ccccc3)c12. The molecule has 2 heterocycles. The van der Waals surface area contributed by atoms with Crippen molar-refractivity contribution in [3.05, 3.63) is 36.7 Å². The first-order valence-electron chi connectivity index (χ1n) is 7.77. The minimum atomic E-state index is -0.200. The van der Waals surface area contributed by atoms with Crippen LogP contribution in [0.15, 0.2) is 41.2 Å². The molecule has 7 nitrogen and oxygen atoms in total. The monoisotopic (exact) mass is 326 g/mol. The van der Waals surface area contributed by atoms with Gasteiger partial charge >= 0.3 is 0 Å². The summed E-state index contributed by atoms with van der Waals surface area (Å²) in [4.78, 5) is 20.1. The number of carbonyl (C=O) groups excluding carboxylic acids is 1. The third kappa shape index (κ3) is 3.34. The third-order valence-electron chi connectivity index (χ3n) is 3.64. The van der Waals surface area contributed by atoms with Crippen molar-refractivity contribution >= 4 is 17.0 Å². The molecule has 1 amide bonds. The van der Waals surface area contributed by atoms with E-state index >= 15 is 0 Å². The zero-order valence-corrected chi connectivity index (χ0v) is 13.5. The van der Waals surface area contributed by atoms with Crippen molar-refractivity contribution in [2.24, 2.45) is 0 Å². The Morgan fingerprint density at radius 1 is 1.29 bits per heavy atom. The van der Waals surface area contributed by atoms with E-state index in [9.17, 15) is 4.79 Å². The van der Waals surface area contributed by atoms with Gasteiger partial charge in [0.25, 0.3) is 11.6 Å². The van der Waals surface area contributed by atoms with Crippen LogP contribution in [0.25, 0.3) is 22.4 Å². The molecule has 1 aromatic carbocycles. The van der Waals surface area contributed by atoms with Gasteiger partial charge in [-0.05, 0) is 13.3 Å². The Hall–Kier alpha value is -2.96. The zero-order chi connectivity index (χ0) is 16.9. The third-order valence-corrected chi connectivity index (χ3v) is 3.64. The molecule has 0 spiro atoms. The predicted octanol–water partition coefficient (Wildman–Crippen LogP) is 2.58. The lowest BCUT2D eigenvalue weighted by Crippen LogP contribution is -2.35. The molecule has 0 aliphatic rings. The van der Waals surface area contributed by atoms with E-state index in [1.807, 2.05) is 44.2 Å². The van der Waals surface area contributed by atoms with Gasteiger partial charge in [0.1, 0.15) is 17.4 Å². The molecule has 0 aliphatic heterocycles. The van der Waals surface area contributed by atoms with Crippen LogP contribution in [0.4, 0.5) is 0 Å². The molecule has 2 aromatic heterocycles. The Morgan fingerprint density at radius 2 is 2.08 bits per heavy atom. The molecule has 0 saturated heterocycles. The highest BCUT2D eigenvalue weighted by Gasteiger charge is 2.18. The van der Waals surface area contributed by atoms with Crippen LogP contribution >= 0.6 is 0 Å². The average Bonchev–Trinajstić information content (AvgIpc) is 3.05. The summed E-state index contributed by atoms with van der Waals surface area (Å²) >= 11 is 0. The molecule has 0 saturated carbocycles. The van der Waals surface area contributed by atoms with Gasteiger partial charge in [-0.15, -0.1) is 0 Å². The van der Waals surface area contributed by atoms with Crippen LogP contribution in [-0.2, 0) is 4.79 Å². The first kappa shape index (κ1) is 15.9. The molecular formula is C17H18N4O3. The summed E-state index contributed by atoms with van der Waals surface area (Å²) in [6, 6.07) is 9.63. The first-order valence-corrected chi connectivity index (χ1v) is 7.77. The second-order valence-electron chi connectivity index (χ2n) is 5.42. The molecule has 3 rings (SSSR count). The van der Waals surface area contributed by atoms with E-state index in [0.29, 0.717) is 16.8 Å². The molecule has 24 heavy (non-hydrogen) atoms. The molecule has 7 heteroatoms. The number of carbonyl (C=O) groups is 1. The fourth-order valence-electron chi connectivity index (χ4n) is 2.22. The van der Waals surface area contributed by atoms with Gasteiger partial charge in [0.2, 0.25) is 5.88 Å². The van der Waals surface area contributed by atoms with Crippen molar-refractivity contribution < 1.29 is 14.1 Å². The molecule has 0 bridgehead atoms. The summed E-state index contributed by atoms with van der Waals surface area (Å²) in [7, 11) is 0. The smallest absolute Gasteiger partial charge is 0.265 e. The summed E-state index contributed by atoms with van der Waals surface area (Å²) in [6.07, 6.45) is 2.18. The Balaban J connectivity index is 1.86. The van der Waals surface area contributed by atoms with Crippen molar-refractivity contribution in [2.75, 3.05) is 6.61 Å². The quantitative estimate of drug-likeness (QED) is 0.749. The van der Waals surface area contributed by atoms with Gasteiger partial charge in [0.15, 0.2) is 6.61 Å². The van der Waals surface area contributed by atoms with E-state index < -0.39 is 0 Å². The van der Waals surface area contributed by atoms with Gasteiger partial charge < -0.3 is 14.6 Å². The number of hydrogen-bond acceptors (Lipinski definition) is 6. The van der Waals surface area contributed by atoms with Crippen molar-refractivity contribution in [3.8, 4) is 17.1 Å². The molecule has 3 aromatic rings. The highest BCUT2D eigenvalue weighted by Crippen LogP contribution is 2.32. The lowest BCUT2D eigenvalue weighted by atomic mass is 10.1. The minimum Gasteiger partial charge on any atom is -0.467 e. The molecule has 124 valence electrons. The van der Waals surface area contributed by atoms with Crippen LogP contribution in [-0.4, -0.2) is 33.7 Å². The topological polar surface area (TPSA) is 90.1 Å². The number of nitrogens with one attached hydrogen (secondary N) is 1. The summed E-state index contributed by atoms with van der Waals surface area (Å²) in [5.41, 5.74) is 1.77. The van der Waals surface area contributed by atoms with E-state index in [2.05, 4.69) is 20.4 Å². The number of hydrogen-bond donors (Lipinski definition) is 1. The second-order valence-corrected chi connectivity index (χ2v) is 5.42.